The fourth-order valence-corrected chi connectivity index (χ4v) is 4.56. The summed E-state index contributed by atoms with van der Waals surface area (Å²) in [5, 5.41) is 12.8. The van der Waals surface area contributed by atoms with Crippen LogP contribution >= 0.6 is 11.3 Å². The highest BCUT2D eigenvalue weighted by molar-refractivity contribution is 7.18. The van der Waals surface area contributed by atoms with E-state index in [4.69, 9.17) is 0 Å². The van der Waals surface area contributed by atoms with E-state index < -0.39 is 0 Å². The third-order valence-corrected chi connectivity index (χ3v) is 6.21. The molecule has 1 heterocycles. The van der Waals surface area contributed by atoms with Gasteiger partial charge in [0.2, 0.25) is 5.91 Å². The van der Waals surface area contributed by atoms with E-state index in [1.165, 1.54) is 37.0 Å². The summed E-state index contributed by atoms with van der Waals surface area (Å²) in [7, 11) is 0. The maximum absolute atomic E-state index is 12.6. The van der Waals surface area contributed by atoms with Crippen LogP contribution in [0.1, 0.15) is 73.2 Å². The molecule has 1 aromatic heterocycles. The molecule has 1 N–H and O–H groups in total. The number of hydrogen-bond donors (Lipinski definition) is 1. The van der Waals surface area contributed by atoms with Crippen molar-refractivity contribution in [2.24, 2.45) is 5.92 Å². The van der Waals surface area contributed by atoms with Gasteiger partial charge in [-0.3, -0.25) is 9.59 Å². The lowest BCUT2D eigenvalue weighted by atomic mass is 10.0. The molecule has 0 atom stereocenters. The lowest BCUT2D eigenvalue weighted by molar-refractivity contribution is -0.116. The lowest BCUT2D eigenvalue weighted by Gasteiger charge is -2.17. The molecule has 0 saturated heterocycles. The minimum absolute atomic E-state index is 0.0634. The van der Waals surface area contributed by atoms with E-state index in [0.29, 0.717) is 46.4 Å². The molecule has 5 nitrogen and oxygen atoms in total. The van der Waals surface area contributed by atoms with Crippen molar-refractivity contribution in [1.29, 1.82) is 5.26 Å². The van der Waals surface area contributed by atoms with E-state index in [-0.39, 0.29) is 11.8 Å². The molecule has 0 aliphatic heterocycles. The van der Waals surface area contributed by atoms with Gasteiger partial charge in [-0.25, -0.2) is 0 Å². The zero-order valence-corrected chi connectivity index (χ0v) is 16.2. The van der Waals surface area contributed by atoms with Crippen LogP contribution in [-0.2, 0) is 4.79 Å². The van der Waals surface area contributed by atoms with Crippen LogP contribution in [0.3, 0.4) is 0 Å². The van der Waals surface area contributed by atoms with Crippen molar-refractivity contribution in [3.63, 3.8) is 0 Å². The topological polar surface area (TPSA) is 73.2 Å². The summed E-state index contributed by atoms with van der Waals surface area (Å²) in [5.74, 6) is 0.521. The Morgan fingerprint density at radius 2 is 1.92 bits per heavy atom. The van der Waals surface area contributed by atoms with Crippen LogP contribution in [0, 0.1) is 24.2 Å². The Morgan fingerprint density at radius 1 is 1.28 bits per heavy atom. The van der Waals surface area contributed by atoms with Gasteiger partial charge in [0.05, 0.1) is 10.4 Å². The van der Waals surface area contributed by atoms with Gasteiger partial charge in [0, 0.05) is 19.5 Å². The molecule has 25 heavy (non-hydrogen) atoms. The van der Waals surface area contributed by atoms with E-state index in [2.05, 4.69) is 11.4 Å². The highest BCUT2D eigenvalue weighted by Crippen LogP contribution is 2.34. The number of hydrogen-bond acceptors (Lipinski definition) is 4. The summed E-state index contributed by atoms with van der Waals surface area (Å²) < 4.78 is 0. The van der Waals surface area contributed by atoms with Crippen LogP contribution in [0.4, 0.5) is 5.00 Å². The number of carbonyl (C=O) groups excluding carboxylic acids is 2. The molecule has 1 saturated carbocycles. The number of carbonyl (C=O) groups is 2. The zero-order valence-electron chi connectivity index (χ0n) is 15.4. The molecule has 0 unspecified atom stereocenters. The number of anilines is 1. The predicted molar refractivity (Wildman–Crippen MR) is 101 cm³/mol. The van der Waals surface area contributed by atoms with Crippen LogP contribution in [0.5, 0.6) is 0 Å². The van der Waals surface area contributed by atoms with Gasteiger partial charge in [-0.15, -0.1) is 11.3 Å². The van der Waals surface area contributed by atoms with Gasteiger partial charge in [-0.05, 0) is 38.7 Å². The van der Waals surface area contributed by atoms with Crippen LogP contribution in [0.15, 0.2) is 0 Å². The summed E-state index contributed by atoms with van der Waals surface area (Å²) in [6.45, 7) is 6.89. The predicted octanol–water partition coefficient (Wildman–Crippen LogP) is 4.32. The molecule has 6 heteroatoms. The molecule has 0 bridgehead atoms. The Hall–Kier alpha value is -1.87. The van der Waals surface area contributed by atoms with Crippen molar-refractivity contribution in [2.75, 3.05) is 18.4 Å². The molecule has 2 rings (SSSR count). The van der Waals surface area contributed by atoms with Crippen LogP contribution in [-0.4, -0.2) is 29.8 Å². The molecule has 0 radical (unpaired) electrons. The van der Waals surface area contributed by atoms with Crippen LogP contribution in [0.25, 0.3) is 0 Å². The molecule has 136 valence electrons. The highest BCUT2D eigenvalue weighted by atomic mass is 32.1. The first-order valence-corrected chi connectivity index (χ1v) is 9.96. The monoisotopic (exact) mass is 361 g/mol. The summed E-state index contributed by atoms with van der Waals surface area (Å²) >= 11 is 1.22. The standard InChI is InChI=1S/C19H27N3O2S/c1-4-22(5-2)19(24)17-13(3)15(12-20)18(25-17)21-16(23)11-10-14-8-6-7-9-14/h14H,4-11H2,1-3H3,(H,21,23). The first-order valence-electron chi connectivity index (χ1n) is 9.14. The maximum atomic E-state index is 12.6. The minimum atomic E-state index is -0.0737. The molecule has 1 fully saturated rings. The summed E-state index contributed by atoms with van der Waals surface area (Å²) in [4.78, 5) is 27.1. The second-order valence-corrected chi connectivity index (χ2v) is 7.61. The first-order chi connectivity index (χ1) is 12.0. The van der Waals surface area contributed by atoms with Crippen molar-refractivity contribution >= 4 is 28.2 Å². The van der Waals surface area contributed by atoms with Crippen molar-refractivity contribution in [2.45, 2.75) is 59.3 Å². The molecule has 0 aromatic carbocycles. The van der Waals surface area contributed by atoms with Crippen LogP contribution in [0.2, 0.25) is 0 Å². The minimum Gasteiger partial charge on any atom is -0.338 e. The van der Waals surface area contributed by atoms with E-state index in [1.807, 2.05) is 13.8 Å². The molecular formula is C19H27N3O2S. The van der Waals surface area contributed by atoms with Crippen molar-refractivity contribution in [3.8, 4) is 6.07 Å². The molecule has 1 aliphatic rings. The Balaban J connectivity index is 2.09. The van der Waals surface area contributed by atoms with E-state index in [0.717, 1.165) is 6.42 Å². The average molecular weight is 362 g/mol. The fourth-order valence-electron chi connectivity index (χ4n) is 3.42. The van der Waals surface area contributed by atoms with Gasteiger partial charge in [-0.2, -0.15) is 5.26 Å². The van der Waals surface area contributed by atoms with Gasteiger partial charge in [0.15, 0.2) is 0 Å². The van der Waals surface area contributed by atoms with Crippen molar-refractivity contribution in [1.82, 2.24) is 4.90 Å². The second-order valence-electron chi connectivity index (χ2n) is 6.59. The number of thiophene rings is 1. The molecule has 0 spiro atoms. The molecular weight excluding hydrogens is 334 g/mol. The smallest absolute Gasteiger partial charge is 0.264 e. The van der Waals surface area contributed by atoms with Crippen molar-refractivity contribution in [3.05, 3.63) is 16.0 Å². The second kappa shape index (κ2) is 9.00. The lowest BCUT2D eigenvalue weighted by Crippen LogP contribution is -2.30. The van der Waals surface area contributed by atoms with Gasteiger partial charge in [-0.1, -0.05) is 25.7 Å². The Labute approximate surface area is 154 Å². The normalized spacial score (nSPS) is 14.3. The number of amides is 2. The Bertz CT molecular complexity index is 665. The van der Waals surface area contributed by atoms with Gasteiger partial charge >= 0.3 is 0 Å². The molecule has 1 aromatic rings. The molecule has 2 amide bonds. The average Bonchev–Trinajstić information content (AvgIpc) is 3.22. The zero-order chi connectivity index (χ0) is 18.4. The van der Waals surface area contributed by atoms with Gasteiger partial charge in [0.25, 0.3) is 5.91 Å². The van der Waals surface area contributed by atoms with Crippen molar-refractivity contribution < 1.29 is 9.59 Å². The first kappa shape index (κ1) is 19.5. The van der Waals surface area contributed by atoms with E-state index >= 15 is 0 Å². The quantitative estimate of drug-likeness (QED) is 0.786. The number of nitriles is 1. The van der Waals surface area contributed by atoms with E-state index in [1.54, 1.807) is 11.8 Å². The third-order valence-electron chi connectivity index (χ3n) is 5.01. The van der Waals surface area contributed by atoms with Gasteiger partial charge < -0.3 is 10.2 Å². The van der Waals surface area contributed by atoms with E-state index in [9.17, 15) is 14.9 Å². The Kier molecular flexibility index (Phi) is 7.01. The number of nitrogens with zero attached hydrogens (tertiary/aromatic N) is 2. The van der Waals surface area contributed by atoms with Crippen LogP contribution < -0.4 is 5.32 Å². The summed E-state index contributed by atoms with van der Waals surface area (Å²) in [6.07, 6.45) is 6.36. The highest BCUT2D eigenvalue weighted by Gasteiger charge is 2.24. The number of nitrogens with one attached hydrogen (secondary N) is 1. The summed E-state index contributed by atoms with van der Waals surface area (Å²) in [6, 6.07) is 2.14. The largest absolute Gasteiger partial charge is 0.338 e. The molecule has 1 aliphatic carbocycles. The Morgan fingerprint density at radius 3 is 2.48 bits per heavy atom. The van der Waals surface area contributed by atoms with Gasteiger partial charge in [0.1, 0.15) is 11.1 Å². The SMILES string of the molecule is CCN(CC)C(=O)c1sc(NC(=O)CCC2CCCC2)c(C#N)c1C. The fraction of sp³-hybridized carbons (Fsp3) is 0.632. The number of rotatable bonds is 7. The third kappa shape index (κ3) is 4.60. The summed E-state index contributed by atoms with van der Waals surface area (Å²) in [5.41, 5.74) is 1.07. The maximum Gasteiger partial charge on any atom is 0.264 e.